The molecule has 1 aliphatic carbocycles. The smallest absolute Gasteiger partial charge is 0.219 e. The summed E-state index contributed by atoms with van der Waals surface area (Å²) in [6, 6.07) is 8.18. The lowest BCUT2D eigenvalue weighted by Gasteiger charge is -2.15. The van der Waals surface area contributed by atoms with E-state index in [4.69, 9.17) is 9.15 Å². The van der Waals surface area contributed by atoms with Gasteiger partial charge in [-0.1, -0.05) is 6.92 Å². The Morgan fingerprint density at radius 1 is 1.43 bits per heavy atom. The number of carbonyl (C=O) groups excluding carboxylic acids is 1. The summed E-state index contributed by atoms with van der Waals surface area (Å²) in [7, 11) is 1.69. The zero-order valence-corrected chi connectivity index (χ0v) is 13.7. The molecule has 23 heavy (non-hydrogen) atoms. The molecule has 4 nitrogen and oxygen atoms in total. The van der Waals surface area contributed by atoms with Crippen LogP contribution in [0.5, 0.6) is 5.75 Å². The van der Waals surface area contributed by atoms with Crippen molar-refractivity contribution in [3.05, 3.63) is 41.7 Å². The van der Waals surface area contributed by atoms with Crippen LogP contribution >= 0.6 is 0 Å². The number of rotatable bonds is 6. The van der Waals surface area contributed by atoms with Gasteiger partial charge in [-0.05, 0) is 60.6 Å². The fourth-order valence-electron chi connectivity index (χ4n) is 3.33. The van der Waals surface area contributed by atoms with Crippen molar-refractivity contribution in [3.63, 3.8) is 0 Å². The Balaban J connectivity index is 1.79. The van der Waals surface area contributed by atoms with E-state index in [-0.39, 0.29) is 5.91 Å². The molecule has 1 amide bonds. The summed E-state index contributed by atoms with van der Waals surface area (Å²) >= 11 is 0. The van der Waals surface area contributed by atoms with Crippen molar-refractivity contribution in [1.29, 1.82) is 0 Å². The maximum absolute atomic E-state index is 11.4. The van der Waals surface area contributed by atoms with Gasteiger partial charge in [-0.25, -0.2) is 0 Å². The van der Waals surface area contributed by atoms with E-state index in [1.54, 1.807) is 13.4 Å². The number of hydrogen-bond acceptors (Lipinski definition) is 3. The van der Waals surface area contributed by atoms with E-state index in [2.05, 4.69) is 17.4 Å². The minimum atomic E-state index is 0.119. The largest absolute Gasteiger partial charge is 0.496 e. The normalized spacial score (nSPS) is 16.2. The van der Waals surface area contributed by atoms with E-state index in [0.717, 1.165) is 42.9 Å². The predicted octanol–water partition coefficient (Wildman–Crippen LogP) is 3.90. The van der Waals surface area contributed by atoms with Crippen molar-refractivity contribution in [2.45, 2.75) is 38.5 Å². The quantitative estimate of drug-likeness (QED) is 0.880. The van der Waals surface area contributed by atoms with E-state index >= 15 is 0 Å². The average molecular weight is 313 g/mol. The lowest BCUT2D eigenvalue weighted by molar-refractivity contribution is -0.120. The molecule has 0 aliphatic heterocycles. The second-order valence-electron chi connectivity index (χ2n) is 5.96. The van der Waals surface area contributed by atoms with Gasteiger partial charge in [0.1, 0.15) is 11.5 Å². The summed E-state index contributed by atoms with van der Waals surface area (Å²) in [5.74, 6) is 2.29. The van der Waals surface area contributed by atoms with Crippen LogP contribution in [0.1, 0.15) is 43.2 Å². The number of nitrogens with one attached hydrogen (secondary N) is 1. The van der Waals surface area contributed by atoms with E-state index in [1.807, 2.05) is 19.1 Å². The molecule has 1 aliphatic rings. The number of benzene rings is 1. The molecule has 1 atom stereocenters. The van der Waals surface area contributed by atoms with Gasteiger partial charge in [0.2, 0.25) is 5.91 Å². The van der Waals surface area contributed by atoms with Crippen LogP contribution in [-0.2, 0) is 11.2 Å². The molecule has 1 aromatic heterocycles. The van der Waals surface area contributed by atoms with E-state index in [9.17, 15) is 4.79 Å². The molecule has 0 radical (unpaired) electrons. The van der Waals surface area contributed by atoms with Gasteiger partial charge in [0.25, 0.3) is 0 Å². The molecule has 0 bridgehead atoms. The highest BCUT2D eigenvalue weighted by molar-refractivity contribution is 5.75. The van der Waals surface area contributed by atoms with E-state index < -0.39 is 0 Å². The Kier molecular flexibility index (Phi) is 4.70. The van der Waals surface area contributed by atoms with Crippen LogP contribution in [0.15, 0.2) is 34.9 Å². The van der Waals surface area contributed by atoms with Gasteiger partial charge in [0.15, 0.2) is 0 Å². The van der Waals surface area contributed by atoms with Crippen LogP contribution < -0.4 is 10.1 Å². The maximum atomic E-state index is 11.4. The number of fused-ring (bicyclic) bond motifs is 1. The van der Waals surface area contributed by atoms with Gasteiger partial charge in [-0.3, -0.25) is 4.79 Å². The summed E-state index contributed by atoms with van der Waals surface area (Å²) in [5, 5.41) is 2.97. The molecule has 1 unspecified atom stereocenters. The Morgan fingerprint density at radius 3 is 3.00 bits per heavy atom. The van der Waals surface area contributed by atoms with Crippen molar-refractivity contribution >= 4 is 5.91 Å². The Bertz CT molecular complexity index is 676. The number of furan rings is 1. The summed E-state index contributed by atoms with van der Waals surface area (Å²) in [4.78, 5) is 11.4. The Hall–Kier alpha value is -2.23. The molecule has 0 fully saturated rings. The van der Waals surface area contributed by atoms with Crippen molar-refractivity contribution in [2.24, 2.45) is 0 Å². The molecule has 4 heteroatoms. The SMILES string of the molecule is CCC(=O)NCCC1CCc2cc(-c3ccco3)c(OC)cc21. The maximum Gasteiger partial charge on any atom is 0.219 e. The third-order valence-corrected chi connectivity index (χ3v) is 4.59. The molecule has 0 saturated heterocycles. The molecule has 0 saturated carbocycles. The van der Waals surface area contributed by atoms with Crippen LogP contribution in [0.4, 0.5) is 0 Å². The van der Waals surface area contributed by atoms with E-state index in [0.29, 0.717) is 12.3 Å². The monoisotopic (exact) mass is 313 g/mol. The minimum absolute atomic E-state index is 0.119. The van der Waals surface area contributed by atoms with Crippen LogP contribution in [-0.4, -0.2) is 19.6 Å². The van der Waals surface area contributed by atoms with Gasteiger partial charge >= 0.3 is 0 Å². The van der Waals surface area contributed by atoms with Crippen LogP contribution in [0.25, 0.3) is 11.3 Å². The molecular weight excluding hydrogens is 290 g/mol. The lowest BCUT2D eigenvalue weighted by atomic mass is 9.95. The Labute approximate surface area is 136 Å². The molecule has 3 rings (SSSR count). The molecule has 1 N–H and O–H groups in total. The minimum Gasteiger partial charge on any atom is -0.496 e. The topological polar surface area (TPSA) is 51.5 Å². The van der Waals surface area contributed by atoms with Crippen LogP contribution in [0.2, 0.25) is 0 Å². The third-order valence-electron chi connectivity index (χ3n) is 4.59. The van der Waals surface area contributed by atoms with Crippen molar-refractivity contribution in [3.8, 4) is 17.1 Å². The lowest BCUT2D eigenvalue weighted by Crippen LogP contribution is -2.24. The van der Waals surface area contributed by atoms with Crippen molar-refractivity contribution < 1.29 is 13.9 Å². The molecule has 1 heterocycles. The fourth-order valence-corrected chi connectivity index (χ4v) is 3.33. The standard InChI is InChI=1S/C19H23NO3/c1-3-19(21)20-9-8-13-6-7-14-11-16(17-5-4-10-23-17)18(22-2)12-15(13)14/h4-5,10-13H,3,6-9H2,1-2H3,(H,20,21). The first-order valence-electron chi connectivity index (χ1n) is 8.24. The number of carbonyl (C=O) groups is 1. The number of amides is 1. The van der Waals surface area contributed by atoms with Crippen molar-refractivity contribution in [2.75, 3.05) is 13.7 Å². The number of hydrogen-bond donors (Lipinski definition) is 1. The first kappa shape index (κ1) is 15.7. The first-order valence-corrected chi connectivity index (χ1v) is 8.24. The summed E-state index contributed by atoms with van der Waals surface area (Å²) in [5.41, 5.74) is 3.73. The van der Waals surface area contributed by atoms with Gasteiger partial charge in [-0.15, -0.1) is 0 Å². The van der Waals surface area contributed by atoms with Gasteiger partial charge in [0.05, 0.1) is 18.9 Å². The zero-order chi connectivity index (χ0) is 16.2. The van der Waals surface area contributed by atoms with Crippen LogP contribution in [0.3, 0.4) is 0 Å². The van der Waals surface area contributed by atoms with Gasteiger partial charge < -0.3 is 14.5 Å². The second-order valence-corrected chi connectivity index (χ2v) is 5.96. The van der Waals surface area contributed by atoms with Gasteiger partial charge in [-0.2, -0.15) is 0 Å². The Morgan fingerprint density at radius 2 is 2.30 bits per heavy atom. The van der Waals surface area contributed by atoms with Crippen LogP contribution in [0, 0.1) is 0 Å². The summed E-state index contributed by atoms with van der Waals surface area (Å²) in [6.07, 6.45) is 5.40. The van der Waals surface area contributed by atoms with Gasteiger partial charge in [0, 0.05) is 13.0 Å². The predicted molar refractivity (Wildman–Crippen MR) is 89.7 cm³/mol. The number of methoxy groups -OCH3 is 1. The summed E-state index contributed by atoms with van der Waals surface area (Å²) in [6.45, 7) is 2.61. The first-order chi connectivity index (χ1) is 11.2. The average Bonchev–Trinajstić information content (AvgIpc) is 3.23. The van der Waals surface area contributed by atoms with Crippen molar-refractivity contribution in [1.82, 2.24) is 5.32 Å². The number of aryl methyl sites for hydroxylation is 1. The highest BCUT2D eigenvalue weighted by Crippen LogP contribution is 2.42. The summed E-state index contributed by atoms with van der Waals surface area (Å²) < 4.78 is 11.1. The molecule has 122 valence electrons. The fraction of sp³-hybridized carbons (Fsp3) is 0.421. The molecular formula is C19H23NO3. The molecule has 2 aromatic rings. The number of ether oxygens (including phenoxy) is 1. The third kappa shape index (κ3) is 3.26. The highest BCUT2D eigenvalue weighted by atomic mass is 16.5. The zero-order valence-electron chi connectivity index (χ0n) is 13.7. The molecule has 1 aromatic carbocycles. The second kappa shape index (κ2) is 6.90. The highest BCUT2D eigenvalue weighted by Gasteiger charge is 2.25. The molecule has 0 spiro atoms. The van der Waals surface area contributed by atoms with E-state index in [1.165, 1.54) is 11.1 Å².